The molecular formula is C18H18N2O5S. The maximum atomic E-state index is 12.2. The highest BCUT2D eigenvalue weighted by atomic mass is 32.2. The number of nitrogens with one attached hydrogen (secondary N) is 1. The monoisotopic (exact) mass is 374 g/mol. The molecule has 0 radical (unpaired) electrons. The standard InChI is InChI=1S/C18H18N2O5S/c1-24-16-8-6-14(7-9-16)10-11-25-18(21)13-20-26(22,23)17-5-3-2-4-15(17)12-19/h2-9,20H,10-11,13H2,1H3. The van der Waals surface area contributed by atoms with Crippen LogP contribution < -0.4 is 9.46 Å². The summed E-state index contributed by atoms with van der Waals surface area (Å²) in [6, 6.07) is 14.9. The maximum absolute atomic E-state index is 12.2. The van der Waals surface area contributed by atoms with Crippen molar-refractivity contribution in [1.82, 2.24) is 4.72 Å². The van der Waals surface area contributed by atoms with Gasteiger partial charge in [-0.25, -0.2) is 8.42 Å². The van der Waals surface area contributed by atoms with Crippen LogP contribution in [-0.2, 0) is 26.0 Å². The number of hydrogen-bond donors (Lipinski definition) is 1. The number of hydrogen-bond acceptors (Lipinski definition) is 6. The Labute approximate surface area is 152 Å². The number of benzene rings is 2. The minimum absolute atomic E-state index is 0.00729. The van der Waals surface area contributed by atoms with E-state index in [9.17, 15) is 13.2 Å². The fourth-order valence-electron chi connectivity index (χ4n) is 2.15. The number of methoxy groups -OCH3 is 1. The van der Waals surface area contributed by atoms with Crippen molar-refractivity contribution >= 4 is 16.0 Å². The third-order valence-electron chi connectivity index (χ3n) is 3.52. The van der Waals surface area contributed by atoms with Gasteiger partial charge in [0.25, 0.3) is 0 Å². The van der Waals surface area contributed by atoms with Crippen LogP contribution in [-0.4, -0.2) is 34.6 Å². The van der Waals surface area contributed by atoms with Crippen LogP contribution in [0.4, 0.5) is 0 Å². The molecule has 0 bridgehead atoms. The number of sulfonamides is 1. The quantitative estimate of drug-likeness (QED) is 0.704. The Balaban J connectivity index is 1.83. The van der Waals surface area contributed by atoms with Gasteiger partial charge < -0.3 is 9.47 Å². The molecule has 0 heterocycles. The lowest BCUT2D eigenvalue weighted by atomic mass is 10.1. The lowest BCUT2D eigenvalue weighted by Gasteiger charge is -2.09. The number of nitrogens with zero attached hydrogens (tertiary/aromatic N) is 1. The molecule has 0 saturated heterocycles. The van der Waals surface area contributed by atoms with E-state index in [2.05, 4.69) is 4.72 Å². The number of carbonyl (C=O) groups excluding carboxylic acids is 1. The first-order valence-electron chi connectivity index (χ1n) is 7.73. The second kappa shape index (κ2) is 8.99. The molecule has 2 rings (SSSR count). The van der Waals surface area contributed by atoms with E-state index in [1.54, 1.807) is 31.4 Å². The highest BCUT2D eigenvalue weighted by Gasteiger charge is 2.19. The van der Waals surface area contributed by atoms with Crippen LogP contribution in [0.15, 0.2) is 53.4 Å². The Morgan fingerprint density at radius 3 is 2.50 bits per heavy atom. The van der Waals surface area contributed by atoms with Crippen molar-refractivity contribution in [2.45, 2.75) is 11.3 Å². The average Bonchev–Trinajstić information content (AvgIpc) is 2.67. The topological polar surface area (TPSA) is 105 Å². The van der Waals surface area contributed by atoms with Gasteiger partial charge in [-0.3, -0.25) is 4.79 Å². The van der Waals surface area contributed by atoms with Gasteiger partial charge in [-0.1, -0.05) is 24.3 Å². The third-order valence-corrected chi connectivity index (χ3v) is 4.98. The Hall–Kier alpha value is -2.89. The molecule has 0 unspecified atom stereocenters. The molecule has 7 nitrogen and oxygen atoms in total. The lowest BCUT2D eigenvalue weighted by Crippen LogP contribution is -2.31. The van der Waals surface area contributed by atoms with Crippen LogP contribution >= 0.6 is 0 Å². The molecule has 8 heteroatoms. The van der Waals surface area contributed by atoms with Gasteiger partial charge in [0.15, 0.2) is 0 Å². The number of esters is 1. The normalized spacial score (nSPS) is 10.8. The molecule has 1 N–H and O–H groups in total. The zero-order valence-corrected chi connectivity index (χ0v) is 15.0. The summed E-state index contributed by atoms with van der Waals surface area (Å²) in [5.74, 6) is 0.0364. The SMILES string of the molecule is COc1ccc(CCOC(=O)CNS(=O)(=O)c2ccccc2C#N)cc1. The predicted molar refractivity (Wildman–Crippen MR) is 94.0 cm³/mol. The average molecular weight is 374 g/mol. The molecule has 0 fully saturated rings. The first kappa shape index (κ1) is 19.4. The highest BCUT2D eigenvalue weighted by molar-refractivity contribution is 7.89. The van der Waals surface area contributed by atoms with Crippen molar-refractivity contribution in [1.29, 1.82) is 5.26 Å². The van der Waals surface area contributed by atoms with E-state index in [1.165, 1.54) is 18.2 Å². The molecule has 26 heavy (non-hydrogen) atoms. The molecular weight excluding hydrogens is 356 g/mol. The zero-order chi connectivity index (χ0) is 19.0. The third kappa shape index (κ3) is 5.31. The van der Waals surface area contributed by atoms with Crippen molar-refractivity contribution < 1.29 is 22.7 Å². The Morgan fingerprint density at radius 2 is 1.85 bits per heavy atom. The molecule has 0 aliphatic rings. The van der Waals surface area contributed by atoms with Crippen molar-refractivity contribution in [2.24, 2.45) is 0 Å². The number of ether oxygens (including phenoxy) is 2. The molecule has 0 amide bonds. The summed E-state index contributed by atoms with van der Waals surface area (Å²) in [5, 5.41) is 8.97. The summed E-state index contributed by atoms with van der Waals surface area (Å²) in [7, 11) is -2.39. The summed E-state index contributed by atoms with van der Waals surface area (Å²) < 4.78 is 36.6. The smallest absolute Gasteiger partial charge is 0.321 e. The summed E-state index contributed by atoms with van der Waals surface area (Å²) in [6.07, 6.45) is 0.500. The van der Waals surface area contributed by atoms with E-state index >= 15 is 0 Å². The van der Waals surface area contributed by atoms with Crippen LogP contribution in [0.5, 0.6) is 5.75 Å². The van der Waals surface area contributed by atoms with E-state index in [4.69, 9.17) is 14.7 Å². The van der Waals surface area contributed by atoms with Crippen molar-refractivity contribution in [3.8, 4) is 11.8 Å². The van der Waals surface area contributed by atoms with Gasteiger partial charge in [-0.2, -0.15) is 9.98 Å². The van der Waals surface area contributed by atoms with Gasteiger partial charge in [0, 0.05) is 6.42 Å². The number of nitriles is 1. The van der Waals surface area contributed by atoms with Crippen LogP contribution in [0.1, 0.15) is 11.1 Å². The van der Waals surface area contributed by atoms with E-state index in [0.29, 0.717) is 6.42 Å². The van der Waals surface area contributed by atoms with Crippen LogP contribution in [0.2, 0.25) is 0 Å². The minimum Gasteiger partial charge on any atom is -0.497 e. The molecule has 0 atom stereocenters. The summed E-state index contributed by atoms with van der Waals surface area (Å²) in [5.41, 5.74) is 0.968. The van der Waals surface area contributed by atoms with Gasteiger partial charge in [-0.15, -0.1) is 0 Å². The molecule has 0 spiro atoms. The number of carbonyl (C=O) groups is 1. The second-order valence-electron chi connectivity index (χ2n) is 5.25. The summed E-state index contributed by atoms with van der Waals surface area (Å²) in [6.45, 7) is -0.383. The van der Waals surface area contributed by atoms with E-state index < -0.39 is 22.5 Å². The van der Waals surface area contributed by atoms with Gasteiger partial charge in [0.1, 0.15) is 18.4 Å². The molecule has 0 aromatic heterocycles. The fraction of sp³-hybridized carbons (Fsp3) is 0.222. The first-order chi connectivity index (χ1) is 12.5. The minimum atomic E-state index is -3.97. The lowest BCUT2D eigenvalue weighted by molar-refractivity contribution is -0.142. The Kier molecular flexibility index (Phi) is 6.72. The van der Waals surface area contributed by atoms with Gasteiger partial charge in [-0.05, 0) is 29.8 Å². The molecule has 0 aliphatic heterocycles. The fourth-order valence-corrected chi connectivity index (χ4v) is 3.28. The Bertz CT molecular complexity index is 902. The largest absolute Gasteiger partial charge is 0.497 e. The number of rotatable bonds is 8. The van der Waals surface area contributed by atoms with Gasteiger partial charge in [0.2, 0.25) is 10.0 Å². The molecule has 0 aliphatic carbocycles. The summed E-state index contributed by atoms with van der Waals surface area (Å²) in [4.78, 5) is 11.6. The van der Waals surface area contributed by atoms with E-state index in [0.717, 1.165) is 11.3 Å². The molecule has 2 aromatic rings. The van der Waals surface area contributed by atoms with E-state index in [-0.39, 0.29) is 17.1 Å². The van der Waals surface area contributed by atoms with Crippen LogP contribution in [0.3, 0.4) is 0 Å². The predicted octanol–water partition coefficient (Wildman–Crippen LogP) is 1.63. The highest BCUT2D eigenvalue weighted by Crippen LogP contribution is 2.14. The summed E-state index contributed by atoms with van der Waals surface area (Å²) >= 11 is 0. The van der Waals surface area contributed by atoms with Crippen molar-refractivity contribution in [3.05, 3.63) is 59.7 Å². The van der Waals surface area contributed by atoms with Gasteiger partial charge in [0.05, 0.1) is 24.2 Å². The van der Waals surface area contributed by atoms with Crippen molar-refractivity contribution in [3.63, 3.8) is 0 Å². The zero-order valence-electron chi connectivity index (χ0n) is 14.1. The van der Waals surface area contributed by atoms with E-state index in [1.807, 2.05) is 12.1 Å². The molecule has 0 saturated carbocycles. The first-order valence-corrected chi connectivity index (χ1v) is 9.22. The van der Waals surface area contributed by atoms with Crippen LogP contribution in [0.25, 0.3) is 0 Å². The molecule has 2 aromatic carbocycles. The van der Waals surface area contributed by atoms with Gasteiger partial charge >= 0.3 is 5.97 Å². The Morgan fingerprint density at radius 1 is 1.15 bits per heavy atom. The second-order valence-corrected chi connectivity index (χ2v) is 6.99. The van der Waals surface area contributed by atoms with Crippen LogP contribution in [0, 0.1) is 11.3 Å². The molecule has 136 valence electrons. The maximum Gasteiger partial charge on any atom is 0.321 e. The van der Waals surface area contributed by atoms with Crippen molar-refractivity contribution in [2.75, 3.05) is 20.3 Å².